The lowest BCUT2D eigenvalue weighted by Crippen LogP contribution is -2.34. The molecule has 28 heavy (non-hydrogen) atoms. The van der Waals surface area contributed by atoms with Gasteiger partial charge in [0.25, 0.3) is 10.1 Å². The van der Waals surface area contributed by atoms with Crippen LogP contribution in [0.15, 0.2) is 23.2 Å². The molecule has 0 bridgehead atoms. The molecule has 0 amide bonds. The molecule has 0 spiro atoms. The molecule has 1 unspecified atom stereocenters. The average molecular weight is 414 g/mol. The van der Waals surface area contributed by atoms with Crippen molar-refractivity contribution in [2.24, 2.45) is 0 Å². The van der Waals surface area contributed by atoms with Crippen LogP contribution in [0.3, 0.4) is 0 Å². The number of nitrogens with zero attached hydrogens (tertiary/aromatic N) is 3. The number of hydrogen-bond donors (Lipinski definition) is 2. The average Bonchev–Trinajstić information content (AvgIpc) is 3.47. The predicted octanol–water partition coefficient (Wildman–Crippen LogP) is -1.58. The van der Waals surface area contributed by atoms with Gasteiger partial charge in [0, 0.05) is 45.3 Å². The summed E-state index contributed by atoms with van der Waals surface area (Å²) in [5.41, 5.74) is 1.89. The van der Waals surface area contributed by atoms with Gasteiger partial charge in [0.2, 0.25) is 11.6 Å². The highest BCUT2D eigenvalue weighted by molar-refractivity contribution is 7.87. The first-order valence-electron chi connectivity index (χ1n) is 9.30. The maximum atomic E-state index is 12.4. The van der Waals surface area contributed by atoms with Crippen LogP contribution in [0.1, 0.15) is 13.3 Å². The van der Waals surface area contributed by atoms with Crippen LogP contribution in [-0.2, 0) is 23.9 Å². The van der Waals surface area contributed by atoms with Crippen LogP contribution in [0.5, 0.6) is 0 Å². The fourth-order valence-corrected chi connectivity index (χ4v) is 3.99. The van der Waals surface area contributed by atoms with Crippen LogP contribution >= 0.6 is 0 Å². The Kier molecular flexibility index (Phi) is 6.08. The van der Waals surface area contributed by atoms with E-state index in [0.29, 0.717) is 23.5 Å². The van der Waals surface area contributed by atoms with E-state index < -0.39 is 22.3 Å². The number of aliphatic hydroxyl groups excluding tert-OH is 1. The van der Waals surface area contributed by atoms with Crippen LogP contribution in [0, 0.1) is 0 Å². The normalized spacial score (nSPS) is 22.0. The second kappa shape index (κ2) is 8.19. The van der Waals surface area contributed by atoms with Gasteiger partial charge in [-0.3, -0.25) is 9.59 Å². The fourth-order valence-electron chi connectivity index (χ4n) is 2.98. The van der Waals surface area contributed by atoms with Crippen molar-refractivity contribution in [2.45, 2.75) is 18.7 Å². The Balaban J connectivity index is 0.000000180. The number of ketones is 2. The molecule has 3 heterocycles. The Hall–Kier alpha value is -1.95. The largest absolute Gasteiger partial charge is 0.369 e. The third kappa shape index (κ3) is 4.54. The first kappa shape index (κ1) is 20.8. The molecule has 0 aromatic rings. The zero-order valence-corrected chi connectivity index (χ0v) is 16.9. The SMILES string of the molecule is CCC(NC)S(=O)(=O)OCO.O=C1C=C(N2CC2)C(=O)C(N2CC2)=C1N1CC1. The first-order chi connectivity index (χ1) is 13.3. The molecule has 3 aliphatic heterocycles. The fraction of sp³-hybridized carbons (Fsp3) is 0.647. The Labute approximate surface area is 164 Å². The molecule has 3 saturated heterocycles. The molecule has 3 fully saturated rings. The summed E-state index contributed by atoms with van der Waals surface area (Å²) in [6.07, 6.45) is 1.93. The van der Waals surface area contributed by atoms with Gasteiger partial charge < -0.3 is 25.1 Å². The van der Waals surface area contributed by atoms with Crippen LogP contribution < -0.4 is 5.32 Å². The van der Waals surface area contributed by atoms with Gasteiger partial charge in [0.15, 0.2) is 6.79 Å². The highest BCUT2D eigenvalue weighted by Gasteiger charge is 2.43. The van der Waals surface area contributed by atoms with E-state index >= 15 is 0 Å². The van der Waals surface area contributed by atoms with Crippen molar-refractivity contribution in [1.29, 1.82) is 0 Å². The molecule has 2 N–H and O–H groups in total. The number of allylic oxidation sites excluding steroid dienone is 1. The van der Waals surface area contributed by atoms with Crippen molar-refractivity contribution in [3.8, 4) is 0 Å². The highest BCUT2D eigenvalue weighted by atomic mass is 32.2. The van der Waals surface area contributed by atoms with Crippen molar-refractivity contribution in [1.82, 2.24) is 20.0 Å². The van der Waals surface area contributed by atoms with Gasteiger partial charge in [0.1, 0.15) is 16.8 Å². The quantitative estimate of drug-likeness (QED) is 0.208. The van der Waals surface area contributed by atoms with Crippen LogP contribution in [0.25, 0.3) is 0 Å². The summed E-state index contributed by atoms with van der Waals surface area (Å²) in [6.45, 7) is 6.31. The molecule has 0 aromatic heterocycles. The van der Waals surface area contributed by atoms with E-state index in [9.17, 15) is 18.0 Å². The topological polar surface area (TPSA) is 119 Å². The van der Waals surface area contributed by atoms with Gasteiger partial charge in [-0.15, -0.1) is 0 Å². The summed E-state index contributed by atoms with van der Waals surface area (Å²) in [4.78, 5) is 30.5. The second-order valence-electron chi connectivity index (χ2n) is 6.81. The smallest absolute Gasteiger partial charge is 0.285 e. The molecule has 0 aromatic carbocycles. The number of aliphatic hydroxyl groups is 1. The van der Waals surface area contributed by atoms with E-state index in [0.717, 1.165) is 39.3 Å². The predicted molar refractivity (Wildman–Crippen MR) is 100 cm³/mol. The molecule has 11 heteroatoms. The van der Waals surface area contributed by atoms with Crippen molar-refractivity contribution in [3.63, 3.8) is 0 Å². The van der Waals surface area contributed by atoms with Crippen molar-refractivity contribution < 1.29 is 27.3 Å². The minimum atomic E-state index is -3.63. The number of nitrogens with one attached hydrogen (secondary N) is 1. The summed E-state index contributed by atoms with van der Waals surface area (Å²) >= 11 is 0. The number of carbonyl (C=O) groups is 2. The van der Waals surface area contributed by atoms with Crippen LogP contribution in [-0.4, -0.2) is 98.3 Å². The Bertz CT molecular complexity index is 806. The highest BCUT2D eigenvalue weighted by Crippen LogP contribution is 2.33. The van der Waals surface area contributed by atoms with Gasteiger partial charge in [0.05, 0.1) is 5.70 Å². The number of hydrogen-bond acceptors (Lipinski definition) is 10. The molecular weight excluding hydrogens is 388 g/mol. The Morgan fingerprint density at radius 2 is 1.61 bits per heavy atom. The van der Waals surface area contributed by atoms with Gasteiger partial charge in [-0.25, -0.2) is 4.18 Å². The van der Waals surface area contributed by atoms with E-state index in [-0.39, 0.29) is 11.6 Å². The number of rotatable bonds is 8. The van der Waals surface area contributed by atoms with Gasteiger partial charge in [-0.1, -0.05) is 6.92 Å². The van der Waals surface area contributed by atoms with E-state index in [1.807, 2.05) is 14.7 Å². The summed E-state index contributed by atoms with van der Waals surface area (Å²) in [5.74, 6) is 0.0485. The van der Waals surface area contributed by atoms with E-state index in [4.69, 9.17) is 5.11 Å². The summed E-state index contributed by atoms with van der Waals surface area (Å²) < 4.78 is 26.0. The molecule has 156 valence electrons. The second-order valence-corrected chi connectivity index (χ2v) is 8.60. The minimum absolute atomic E-state index is 0.00546. The molecule has 0 radical (unpaired) electrons. The molecule has 10 nitrogen and oxygen atoms in total. The zero-order valence-electron chi connectivity index (χ0n) is 16.0. The molecule has 4 rings (SSSR count). The number of carbonyl (C=O) groups excluding carboxylic acids is 2. The third-order valence-electron chi connectivity index (χ3n) is 4.75. The summed E-state index contributed by atoms with van der Waals surface area (Å²) in [7, 11) is -2.11. The lowest BCUT2D eigenvalue weighted by molar-refractivity contribution is -0.117. The summed E-state index contributed by atoms with van der Waals surface area (Å²) in [5, 5.41) is 10.0. The summed E-state index contributed by atoms with van der Waals surface area (Å²) in [6, 6.07) is 0. The monoisotopic (exact) mass is 414 g/mol. The molecular formula is C17H26N4O6S. The molecule has 1 atom stereocenters. The molecule has 4 aliphatic rings. The van der Waals surface area contributed by atoms with Crippen molar-refractivity contribution >= 4 is 21.7 Å². The Morgan fingerprint density at radius 1 is 1.07 bits per heavy atom. The van der Waals surface area contributed by atoms with Gasteiger partial charge >= 0.3 is 0 Å². The maximum Gasteiger partial charge on any atom is 0.285 e. The Morgan fingerprint density at radius 3 is 2.04 bits per heavy atom. The maximum absolute atomic E-state index is 12.4. The molecule has 0 saturated carbocycles. The van der Waals surface area contributed by atoms with Crippen LogP contribution in [0.2, 0.25) is 0 Å². The first-order valence-corrected chi connectivity index (χ1v) is 10.8. The van der Waals surface area contributed by atoms with E-state index in [1.54, 1.807) is 6.92 Å². The van der Waals surface area contributed by atoms with Crippen molar-refractivity contribution in [3.05, 3.63) is 23.2 Å². The van der Waals surface area contributed by atoms with Crippen molar-refractivity contribution in [2.75, 3.05) is 53.1 Å². The lowest BCUT2D eigenvalue weighted by atomic mass is 10.0. The zero-order chi connectivity index (χ0) is 20.5. The molecule has 1 aliphatic carbocycles. The van der Waals surface area contributed by atoms with Gasteiger partial charge in [-0.05, 0) is 13.5 Å². The van der Waals surface area contributed by atoms with Crippen LogP contribution in [0.4, 0.5) is 0 Å². The number of Topliss-reactive ketones (excluding diaryl/α,β-unsaturated/α-hetero) is 1. The van der Waals surface area contributed by atoms with Gasteiger partial charge in [-0.2, -0.15) is 8.42 Å². The van der Waals surface area contributed by atoms with E-state index in [1.165, 1.54) is 13.1 Å². The lowest BCUT2D eigenvalue weighted by Gasteiger charge is -2.21. The standard InChI is InChI=1S/C12H13N3O2.C5H13NO4S/c16-9-7-8(13-1-2-13)12(17)11(15-5-6-15)10(9)14-3-4-14;1-3-5(6-2)11(8,9)10-4-7/h7H,1-6H2;5-7H,3-4H2,1-2H3. The van der Waals surface area contributed by atoms with E-state index in [2.05, 4.69) is 9.50 Å². The minimum Gasteiger partial charge on any atom is -0.369 e. The third-order valence-corrected chi connectivity index (χ3v) is 6.45.